The second-order valence-electron chi connectivity index (χ2n) is 18.5. The number of rotatable bonds is 50. The van der Waals surface area contributed by atoms with Gasteiger partial charge in [-0.15, -0.1) is 0 Å². The fraction of sp³-hybridized carbons (Fsp3) is 0.780. The predicted octanol–water partition coefficient (Wildman–Crippen LogP) is 18.4. The van der Waals surface area contributed by atoms with Crippen LogP contribution in [0.1, 0.15) is 278 Å². The summed E-state index contributed by atoms with van der Waals surface area (Å²) < 4.78 is 16.8. The van der Waals surface area contributed by atoms with Crippen molar-refractivity contribution in [1.29, 1.82) is 0 Å². The molecule has 0 aliphatic rings. The van der Waals surface area contributed by atoms with Gasteiger partial charge in [-0.1, -0.05) is 242 Å². The Morgan fingerprint density at radius 1 is 0.338 bits per heavy atom. The van der Waals surface area contributed by atoms with Gasteiger partial charge < -0.3 is 14.2 Å². The molecule has 0 fully saturated rings. The molecule has 0 aromatic rings. The Hall–Kier alpha value is -2.89. The van der Waals surface area contributed by atoms with Gasteiger partial charge in [0.15, 0.2) is 6.10 Å². The Labute approximate surface area is 402 Å². The summed E-state index contributed by atoms with van der Waals surface area (Å²) in [6, 6.07) is 0. The van der Waals surface area contributed by atoms with Crippen LogP contribution in [0.2, 0.25) is 0 Å². The summed E-state index contributed by atoms with van der Waals surface area (Å²) in [7, 11) is 0. The third-order valence-electron chi connectivity index (χ3n) is 12.0. The highest BCUT2D eigenvalue weighted by Gasteiger charge is 2.19. The predicted molar refractivity (Wildman–Crippen MR) is 279 cm³/mol. The molecule has 0 amide bonds. The molecule has 6 nitrogen and oxygen atoms in total. The molecular formula is C59H104O6. The van der Waals surface area contributed by atoms with Crippen molar-refractivity contribution in [3.63, 3.8) is 0 Å². The van der Waals surface area contributed by atoms with Crippen LogP contribution in [0.5, 0.6) is 0 Å². The van der Waals surface area contributed by atoms with Crippen LogP contribution >= 0.6 is 0 Å². The number of allylic oxidation sites excluding steroid dienone is 10. The maximum absolute atomic E-state index is 12.8. The second kappa shape index (κ2) is 53.7. The van der Waals surface area contributed by atoms with Gasteiger partial charge in [0.25, 0.3) is 0 Å². The topological polar surface area (TPSA) is 78.9 Å². The van der Waals surface area contributed by atoms with Crippen molar-refractivity contribution in [1.82, 2.24) is 0 Å². The zero-order valence-electron chi connectivity index (χ0n) is 43.0. The number of hydrogen-bond acceptors (Lipinski definition) is 6. The standard InChI is InChI=1S/C59H104O6/c1-4-7-10-13-16-19-22-25-28-29-30-32-34-37-40-43-46-49-52-58(61)64-55-56(54-63-57(60)51-48-45-42-39-36-33-27-24-21-18-15-12-9-6-3)65-59(62)53-50-47-44-41-38-35-31-26-23-20-17-14-11-8-5-2/h9,12,18,21,27-30,32-33,56H,4-8,10-11,13-17,19-20,22-26,31,34-55H2,1-3H3/b12-9-,21-18-,29-28-,32-30-,33-27-. The minimum Gasteiger partial charge on any atom is -0.462 e. The van der Waals surface area contributed by atoms with Crippen LogP contribution in [0.3, 0.4) is 0 Å². The molecule has 65 heavy (non-hydrogen) atoms. The van der Waals surface area contributed by atoms with Gasteiger partial charge in [-0.2, -0.15) is 0 Å². The van der Waals surface area contributed by atoms with Crippen molar-refractivity contribution < 1.29 is 28.6 Å². The molecule has 0 heterocycles. The van der Waals surface area contributed by atoms with E-state index in [0.29, 0.717) is 19.3 Å². The Morgan fingerprint density at radius 2 is 0.646 bits per heavy atom. The van der Waals surface area contributed by atoms with Crippen LogP contribution in [0.25, 0.3) is 0 Å². The van der Waals surface area contributed by atoms with Crippen LogP contribution in [0.4, 0.5) is 0 Å². The van der Waals surface area contributed by atoms with E-state index in [9.17, 15) is 14.4 Å². The summed E-state index contributed by atoms with van der Waals surface area (Å²) in [6.45, 7) is 6.51. The summed E-state index contributed by atoms with van der Waals surface area (Å²) in [5.41, 5.74) is 0. The molecule has 0 saturated heterocycles. The molecular weight excluding hydrogens is 805 g/mol. The highest BCUT2D eigenvalue weighted by Crippen LogP contribution is 2.16. The molecule has 0 bridgehead atoms. The molecule has 6 heteroatoms. The first kappa shape index (κ1) is 62.1. The molecule has 1 atom stereocenters. The van der Waals surface area contributed by atoms with E-state index < -0.39 is 6.10 Å². The van der Waals surface area contributed by atoms with Gasteiger partial charge in [-0.05, 0) is 77.0 Å². The Balaban J connectivity index is 4.41. The molecule has 376 valence electrons. The largest absolute Gasteiger partial charge is 0.462 e. The number of unbranched alkanes of at least 4 members (excludes halogenated alkanes) is 30. The van der Waals surface area contributed by atoms with Gasteiger partial charge in [0, 0.05) is 19.3 Å². The summed E-state index contributed by atoms with van der Waals surface area (Å²) in [5.74, 6) is -0.913. The van der Waals surface area contributed by atoms with Gasteiger partial charge in [0.1, 0.15) is 13.2 Å². The van der Waals surface area contributed by atoms with E-state index in [2.05, 4.69) is 81.5 Å². The van der Waals surface area contributed by atoms with Gasteiger partial charge in [0.2, 0.25) is 0 Å². The average molecular weight is 909 g/mol. The maximum atomic E-state index is 12.8. The lowest BCUT2D eigenvalue weighted by Gasteiger charge is -2.18. The third kappa shape index (κ3) is 51.9. The lowest BCUT2D eigenvalue weighted by atomic mass is 10.0. The SMILES string of the molecule is CC/C=C\C/C=C\C/C=C\CCCCCCC(=O)OCC(COC(=O)CCCCCCC/C=C\C=C/CCCCCCCCC)OC(=O)CCCCCCCCCCCCCCCCC. The summed E-state index contributed by atoms with van der Waals surface area (Å²) in [4.78, 5) is 38.1. The number of hydrogen-bond donors (Lipinski definition) is 0. The van der Waals surface area contributed by atoms with E-state index in [-0.39, 0.29) is 31.1 Å². The van der Waals surface area contributed by atoms with Crippen molar-refractivity contribution in [2.45, 2.75) is 284 Å². The van der Waals surface area contributed by atoms with Crippen LogP contribution in [-0.4, -0.2) is 37.2 Å². The van der Waals surface area contributed by atoms with Gasteiger partial charge in [-0.25, -0.2) is 0 Å². The lowest BCUT2D eigenvalue weighted by molar-refractivity contribution is -0.167. The van der Waals surface area contributed by atoms with Crippen molar-refractivity contribution in [3.05, 3.63) is 60.8 Å². The molecule has 0 aliphatic carbocycles. The summed E-state index contributed by atoms with van der Waals surface area (Å²) >= 11 is 0. The van der Waals surface area contributed by atoms with E-state index in [1.165, 1.54) is 128 Å². The van der Waals surface area contributed by atoms with Crippen LogP contribution in [0, 0.1) is 0 Å². The Morgan fingerprint density at radius 3 is 1.03 bits per heavy atom. The van der Waals surface area contributed by atoms with E-state index in [4.69, 9.17) is 14.2 Å². The van der Waals surface area contributed by atoms with E-state index in [0.717, 1.165) is 109 Å². The minimum atomic E-state index is -0.788. The van der Waals surface area contributed by atoms with Crippen molar-refractivity contribution in [2.75, 3.05) is 13.2 Å². The fourth-order valence-corrected chi connectivity index (χ4v) is 7.86. The fourth-order valence-electron chi connectivity index (χ4n) is 7.86. The smallest absolute Gasteiger partial charge is 0.306 e. The lowest BCUT2D eigenvalue weighted by Crippen LogP contribution is -2.30. The Kier molecular flexibility index (Phi) is 51.3. The molecule has 0 aromatic heterocycles. The first-order chi connectivity index (χ1) is 32.0. The van der Waals surface area contributed by atoms with Gasteiger partial charge in [0.05, 0.1) is 0 Å². The van der Waals surface area contributed by atoms with Gasteiger partial charge in [-0.3, -0.25) is 14.4 Å². The normalized spacial score (nSPS) is 12.5. The minimum absolute atomic E-state index is 0.0875. The molecule has 0 aliphatic heterocycles. The zero-order valence-corrected chi connectivity index (χ0v) is 43.0. The molecule has 0 radical (unpaired) electrons. The van der Waals surface area contributed by atoms with Crippen molar-refractivity contribution in [3.8, 4) is 0 Å². The van der Waals surface area contributed by atoms with Crippen molar-refractivity contribution >= 4 is 17.9 Å². The first-order valence-corrected chi connectivity index (χ1v) is 27.8. The molecule has 0 rings (SSSR count). The first-order valence-electron chi connectivity index (χ1n) is 27.8. The molecule has 0 saturated carbocycles. The van der Waals surface area contributed by atoms with E-state index in [1.54, 1.807) is 0 Å². The number of ether oxygens (including phenoxy) is 3. The van der Waals surface area contributed by atoms with Crippen molar-refractivity contribution in [2.24, 2.45) is 0 Å². The number of esters is 3. The summed E-state index contributed by atoms with van der Waals surface area (Å²) in [5, 5.41) is 0. The zero-order chi connectivity index (χ0) is 47.2. The molecule has 0 N–H and O–H groups in total. The van der Waals surface area contributed by atoms with Crippen LogP contribution in [0.15, 0.2) is 60.8 Å². The monoisotopic (exact) mass is 909 g/mol. The number of carbonyl (C=O) groups excluding carboxylic acids is 3. The molecule has 0 spiro atoms. The van der Waals surface area contributed by atoms with E-state index in [1.807, 2.05) is 0 Å². The highest BCUT2D eigenvalue weighted by molar-refractivity contribution is 5.71. The quantitative estimate of drug-likeness (QED) is 0.0199. The number of carbonyl (C=O) groups is 3. The molecule has 1 unspecified atom stereocenters. The van der Waals surface area contributed by atoms with Crippen LogP contribution < -0.4 is 0 Å². The Bertz CT molecular complexity index is 1180. The van der Waals surface area contributed by atoms with E-state index >= 15 is 0 Å². The van der Waals surface area contributed by atoms with Crippen LogP contribution in [-0.2, 0) is 28.6 Å². The summed E-state index contributed by atoms with van der Waals surface area (Å²) in [6.07, 6.45) is 66.3. The highest BCUT2D eigenvalue weighted by atomic mass is 16.6. The molecule has 0 aromatic carbocycles. The average Bonchev–Trinajstić information content (AvgIpc) is 3.30. The maximum Gasteiger partial charge on any atom is 0.306 e. The second-order valence-corrected chi connectivity index (χ2v) is 18.5. The van der Waals surface area contributed by atoms with Gasteiger partial charge >= 0.3 is 17.9 Å². The third-order valence-corrected chi connectivity index (χ3v) is 12.0.